The number of hydrogen-bond acceptors (Lipinski definition) is 6. The molecule has 18 heavy (non-hydrogen) atoms. The minimum Gasteiger partial charge on any atom is -0.368 e. The van der Waals surface area contributed by atoms with Gasteiger partial charge < -0.3 is 9.92 Å². The summed E-state index contributed by atoms with van der Waals surface area (Å²) in [5.74, 6) is 0.114. The highest BCUT2D eigenvalue weighted by Crippen LogP contribution is 2.21. The van der Waals surface area contributed by atoms with Crippen molar-refractivity contribution < 1.29 is 4.18 Å². The van der Waals surface area contributed by atoms with E-state index in [0.717, 1.165) is 30.1 Å². The molecule has 91 valence electrons. The van der Waals surface area contributed by atoms with Gasteiger partial charge in [-0.15, -0.1) is 0 Å². The monoisotopic (exact) mass is 281 g/mol. The summed E-state index contributed by atoms with van der Waals surface area (Å²) >= 11 is 6.79. The van der Waals surface area contributed by atoms with Crippen molar-refractivity contribution in [2.75, 3.05) is 5.73 Å². The van der Waals surface area contributed by atoms with E-state index in [4.69, 9.17) is 22.9 Å². The average Bonchev–Trinajstić information content (AvgIpc) is 2.38. The Morgan fingerprint density at radius 1 is 1.44 bits per heavy atom. The molecule has 2 rings (SSSR count). The molecular weight excluding hydrogens is 270 g/mol. The second-order valence-corrected chi connectivity index (χ2v) is 4.19. The normalized spacial score (nSPS) is 11.1. The van der Waals surface area contributed by atoms with E-state index in [2.05, 4.69) is 15.0 Å². The Labute approximate surface area is 116 Å². The zero-order valence-electron chi connectivity index (χ0n) is 10.2. The van der Waals surface area contributed by atoms with E-state index in [-0.39, 0.29) is 11.1 Å². The second-order valence-electron chi connectivity index (χ2n) is 3.37. The Bertz CT molecular complexity index is 557. The molecule has 0 bridgehead atoms. The Morgan fingerprint density at radius 2 is 2.33 bits per heavy atom. The maximum atomic E-state index is 6.84. The molecule has 0 aliphatic carbocycles. The quantitative estimate of drug-likeness (QED) is 0.389. The Hall–Kier alpha value is -1.31. The first-order valence-corrected chi connectivity index (χ1v) is 6.10. The molecule has 1 radical (unpaired) electrons. The van der Waals surface area contributed by atoms with E-state index in [1.165, 1.54) is 0 Å². The molecule has 0 aliphatic rings. The molecule has 0 spiro atoms. The molecule has 0 saturated carbocycles. The van der Waals surface area contributed by atoms with E-state index in [1.807, 2.05) is 6.07 Å². The Kier molecular flexibility index (Phi) is 3.95. The van der Waals surface area contributed by atoms with E-state index in [9.17, 15) is 0 Å². The van der Waals surface area contributed by atoms with Crippen LogP contribution in [-0.4, -0.2) is 23.4 Å². The van der Waals surface area contributed by atoms with Crippen molar-refractivity contribution in [2.45, 2.75) is 6.61 Å². The lowest BCUT2D eigenvalue weighted by Crippen LogP contribution is -1.97. The number of nitrogens with zero attached hydrogens (tertiary/aromatic N) is 3. The lowest BCUT2D eigenvalue weighted by atomic mass is 10.1. The van der Waals surface area contributed by atoms with E-state index in [0.29, 0.717) is 12.3 Å². The highest BCUT2D eigenvalue weighted by molar-refractivity contribution is 8.15. The lowest BCUT2D eigenvalue weighted by Gasteiger charge is -2.05. The van der Waals surface area contributed by atoms with Gasteiger partial charge in [-0.05, 0) is 13.0 Å². The van der Waals surface area contributed by atoms with Crippen LogP contribution in [0.15, 0.2) is 24.5 Å². The Morgan fingerprint density at radius 3 is 3.11 bits per heavy atom. The van der Waals surface area contributed by atoms with Crippen LogP contribution in [0.2, 0.25) is 5.15 Å². The third-order valence-corrected chi connectivity index (χ3v) is 2.54. The predicted octanol–water partition coefficient (Wildman–Crippen LogP) is 1.75. The van der Waals surface area contributed by atoms with Gasteiger partial charge in [0, 0.05) is 24.0 Å². The number of nitrogens with two attached hydrogens (primary N) is 1. The molecule has 0 atom stereocenters. The summed E-state index contributed by atoms with van der Waals surface area (Å²) in [4.78, 5) is 12.0. The third-order valence-electron chi connectivity index (χ3n) is 2.10. The molecule has 2 aromatic heterocycles. The number of halogens is 1. The van der Waals surface area contributed by atoms with Gasteiger partial charge in [-0.3, -0.25) is 4.98 Å². The minimum absolute atomic E-state index is 0.114. The van der Waals surface area contributed by atoms with Crippen molar-refractivity contribution in [1.29, 1.82) is 1.34 Å². The first-order valence-electron chi connectivity index (χ1n) is 5.49. The zero-order chi connectivity index (χ0) is 13.7. The molecule has 5 nitrogen and oxygen atoms in total. The largest absolute Gasteiger partial charge is 0.368 e. The van der Waals surface area contributed by atoms with Crippen LogP contribution in [0, 0.1) is 0 Å². The molecule has 0 unspecified atom stereocenters. The number of anilines is 1. The summed E-state index contributed by atoms with van der Waals surface area (Å²) in [7, 11) is 1.11. The maximum absolute atomic E-state index is 6.84. The van der Waals surface area contributed by atoms with Crippen molar-refractivity contribution in [3.8, 4) is 11.3 Å². The SMILES string of the molecule is [3H][B]SOCc1cncc(-c2cc(Cl)nc(N)n2)c1. The number of aromatic nitrogens is 3. The second kappa shape index (κ2) is 6.04. The predicted molar refractivity (Wildman–Crippen MR) is 74.2 cm³/mol. The summed E-state index contributed by atoms with van der Waals surface area (Å²) in [6.07, 6.45) is 3.34. The van der Waals surface area contributed by atoms with Crippen molar-refractivity contribution >= 4 is 36.5 Å². The average molecular weight is 282 g/mol. The molecular formula is C10H9BClN4OS. The molecule has 8 heteroatoms. The van der Waals surface area contributed by atoms with Gasteiger partial charge in [-0.2, -0.15) is 0 Å². The van der Waals surface area contributed by atoms with Gasteiger partial charge in [0.2, 0.25) is 13.0 Å². The van der Waals surface area contributed by atoms with Gasteiger partial charge in [0.25, 0.3) is 0 Å². The summed E-state index contributed by atoms with van der Waals surface area (Å²) in [6.45, 7) is 0.342. The Balaban J connectivity index is 2.22. The molecule has 2 heterocycles. The number of rotatable bonds is 5. The van der Waals surface area contributed by atoms with E-state index < -0.39 is 0 Å². The number of hydrogen-bond donors (Lipinski definition) is 1. The summed E-state index contributed by atoms with van der Waals surface area (Å²) in [6, 6.07) is 3.49. The number of pyridine rings is 1. The van der Waals surface area contributed by atoms with Crippen LogP contribution in [-0.2, 0) is 10.8 Å². The van der Waals surface area contributed by atoms with Crippen LogP contribution in [0.25, 0.3) is 11.3 Å². The lowest BCUT2D eigenvalue weighted by molar-refractivity contribution is 0.369. The van der Waals surface area contributed by atoms with Gasteiger partial charge >= 0.3 is 0 Å². The van der Waals surface area contributed by atoms with E-state index >= 15 is 0 Å². The van der Waals surface area contributed by atoms with Gasteiger partial charge in [-0.1, -0.05) is 23.5 Å². The first kappa shape index (κ1) is 11.8. The molecule has 0 aromatic carbocycles. The summed E-state index contributed by atoms with van der Waals surface area (Å²) in [5, 5.41) is 0.281. The van der Waals surface area contributed by atoms with E-state index in [1.54, 1.807) is 18.5 Å². The van der Waals surface area contributed by atoms with Crippen LogP contribution in [0.5, 0.6) is 0 Å². The molecule has 0 fully saturated rings. The van der Waals surface area contributed by atoms with Gasteiger partial charge in [0.15, 0.2) is 0 Å². The zero-order valence-corrected chi connectivity index (χ0v) is 10.8. The van der Waals surface area contributed by atoms with Crippen molar-refractivity contribution in [3.05, 3.63) is 35.2 Å². The maximum Gasteiger partial charge on any atom is 0.221 e. The van der Waals surface area contributed by atoms with Crippen molar-refractivity contribution in [1.82, 2.24) is 15.0 Å². The van der Waals surface area contributed by atoms with Crippen molar-refractivity contribution in [2.24, 2.45) is 0 Å². The first-order chi connectivity index (χ1) is 9.19. The molecule has 0 aliphatic heterocycles. The molecule has 0 amide bonds. The standard InChI is InChI=1S/C10H9BClN4OS/c11-18-17-5-6-1-7(4-14-3-6)8-2-9(12)16-10(13)15-8/h1-4,11H,5H2,(H2,13,15,16)/i11T. The van der Waals surface area contributed by atoms with Crippen LogP contribution in [0.3, 0.4) is 0 Å². The fourth-order valence-corrected chi connectivity index (χ4v) is 1.79. The fourth-order valence-electron chi connectivity index (χ4n) is 1.39. The van der Waals surface area contributed by atoms with Crippen LogP contribution in [0.1, 0.15) is 5.56 Å². The highest BCUT2D eigenvalue weighted by Gasteiger charge is 2.05. The highest BCUT2D eigenvalue weighted by atomic mass is 35.5. The summed E-state index contributed by atoms with van der Waals surface area (Å²) < 4.78 is 12.0. The van der Waals surface area contributed by atoms with Crippen LogP contribution < -0.4 is 5.73 Å². The van der Waals surface area contributed by atoms with Gasteiger partial charge in [0.05, 0.1) is 12.3 Å². The minimum atomic E-state index is 0.114. The van der Waals surface area contributed by atoms with Gasteiger partial charge in [-0.25, -0.2) is 9.97 Å². The van der Waals surface area contributed by atoms with Crippen molar-refractivity contribution in [3.63, 3.8) is 0 Å². The third kappa shape index (κ3) is 3.35. The number of nitrogen functional groups attached to an aromatic ring is 1. The molecule has 2 aromatic rings. The van der Waals surface area contributed by atoms with Crippen LogP contribution >= 0.6 is 23.5 Å². The van der Waals surface area contributed by atoms with Gasteiger partial charge in [0.1, 0.15) is 5.15 Å². The molecule has 0 saturated heterocycles. The fraction of sp³-hybridized carbons (Fsp3) is 0.100. The molecule has 2 N–H and O–H groups in total. The van der Waals surface area contributed by atoms with Crippen LogP contribution in [0.4, 0.5) is 5.95 Å². The smallest absolute Gasteiger partial charge is 0.221 e. The summed E-state index contributed by atoms with van der Waals surface area (Å²) in [5.41, 5.74) is 7.79. The topological polar surface area (TPSA) is 73.9 Å².